The number of isocyanates is 1. The molecule has 1 heterocycles. The highest BCUT2D eigenvalue weighted by atomic mass is 35.5. The van der Waals surface area contributed by atoms with Crippen molar-refractivity contribution in [3.05, 3.63) is 81.6 Å². The van der Waals surface area contributed by atoms with Gasteiger partial charge in [-0.3, -0.25) is 14.5 Å². The third-order valence-corrected chi connectivity index (χ3v) is 5.76. The van der Waals surface area contributed by atoms with Gasteiger partial charge in [0, 0.05) is 27.2 Å². The quantitative estimate of drug-likeness (QED) is 0.285. The summed E-state index contributed by atoms with van der Waals surface area (Å²) >= 11 is 12.5. The Bertz CT molecular complexity index is 1300. The van der Waals surface area contributed by atoms with Gasteiger partial charge < -0.3 is 9.84 Å². The van der Waals surface area contributed by atoms with E-state index in [-0.39, 0.29) is 50.3 Å². The first-order valence-corrected chi connectivity index (χ1v) is 10.7. The summed E-state index contributed by atoms with van der Waals surface area (Å²) in [5.41, 5.74) is 0.711. The molecular formula is C24H15Cl2FN2O5. The van der Waals surface area contributed by atoms with Crippen molar-refractivity contribution in [2.45, 2.75) is 6.10 Å². The van der Waals surface area contributed by atoms with Crippen LogP contribution in [-0.2, 0) is 4.79 Å². The lowest BCUT2D eigenvalue weighted by Crippen LogP contribution is -2.39. The molecule has 0 aliphatic carbocycles. The molecule has 0 bridgehead atoms. The molecule has 0 fully saturated rings. The summed E-state index contributed by atoms with van der Waals surface area (Å²) in [7, 11) is 0. The molecule has 0 spiro atoms. The van der Waals surface area contributed by atoms with Crippen molar-refractivity contribution >= 4 is 46.8 Å². The van der Waals surface area contributed by atoms with Crippen LogP contribution in [0.4, 0.5) is 10.1 Å². The zero-order valence-corrected chi connectivity index (χ0v) is 18.8. The van der Waals surface area contributed by atoms with Gasteiger partial charge in [-0.25, -0.2) is 9.18 Å². The van der Waals surface area contributed by atoms with Gasteiger partial charge in [0.25, 0.3) is 11.8 Å². The number of nitrogens with zero attached hydrogens (tertiary/aromatic N) is 2. The summed E-state index contributed by atoms with van der Waals surface area (Å²) in [5, 5.41) is 10.8. The molecule has 7 nitrogen and oxygen atoms in total. The Hall–Kier alpha value is -3.55. The van der Waals surface area contributed by atoms with Crippen molar-refractivity contribution in [1.82, 2.24) is 4.90 Å². The Morgan fingerprint density at radius 1 is 1.00 bits per heavy atom. The summed E-state index contributed by atoms with van der Waals surface area (Å²) in [4.78, 5) is 40.6. The average Bonchev–Trinajstić information content (AvgIpc) is 3.04. The average molecular weight is 501 g/mol. The summed E-state index contributed by atoms with van der Waals surface area (Å²) in [5.74, 6) is -1.99. The van der Waals surface area contributed by atoms with E-state index in [1.165, 1.54) is 30.3 Å². The van der Waals surface area contributed by atoms with Crippen molar-refractivity contribution in [3.8, 4) is 16.9 Å². The standard InChI is InChI=1S/C24H15Cl2FN2O5/c25-18-6-3-7-19(26)21(18)17-8-13(27)9-20(22(17)28-12-30)34-11-14(31)10-29-23(32)15-4-1-2-5-16(15)24(29)33/h1-9,14,31H,10-11H2/t14-/m1/s1. The first-order chi connectivity index (χ1) is 16.3. The highest BCUT2D eigenvalue weighted by Gasteiger charge is 2.36. The number of β-amino-alcohol motifs (C(OH)–C–C–N with tert-alkyl or cyclic N) is 1. The number of aliphatic hydroxyl groups is 1. The maximum absolute atomic E-state index is 14.4. The van der Waals surface area contributed by atoms with Crippen molar-refractivity contribution in [1.29, 1.82) is 0 Å². The van der Waals surface area contributed by atoms with Gasteiger partial charge in [-0.15, -0.1) is 0 Å². The van der Waals surface area contributed by atoms with Crippen LogP contribution in [0.1, 0.15) is 20.7 Å². The molecule has 10 heteroatoms. The number of imide groups is 1. The van der Waals surface area contributed by atoms with Crippen LogP contribution in [0.15, 0.2) is 59.6 Å². The Labute approximate surface area is 203 Å². The topological polar surface area (TPSA) is 96.3 Å². The van der Waals surface area contributed by atoms with E-state index in [1.807, 2.05) is 0 Å². The fraction of sp³-hybridized carbons (Fsp3) is 0.125. The van der Waals surface area contributed by atoms with Crippen LogP contribution in [0, 0.1) is 5.82 Å². The number of amides is 2. The summed E-state index contributed by atoms with van der Waals surface area (Å²) in [6, 6.07) is 13.0. The smallest absolute Gasteiger partial charge is 0.261 e. The van der Waals surface area contributed by atoms with E-state index in [4.69, 9.17) is 27.9 Å². The van der Waals surface area contributed by atoms with Crippen LogP contribution in [0.25, 0.3) is 11.1 Å². The molecule has 0 radical (unpaired) electrons. The first kappa shape index (κ1) is 23.6. The van der Waals surface area contributed by atoms with E-state index in [2.05, 4.69) is 4.99 Å². The molecule has 1 aliphatic heterocycles. The van der Waals surface area contributed by atoms with Crippen LogP contribution < -0.4 is 4.74 Å². The summed E-state index contributed by atoms with van der Waals surface area (Å²) in [6.45, 7) is -0.787. The minimum Gasteiger partial charge on any atom is -0.488 e. The summed E-state index contributed by atoms with van der Waals surface area (Å²) < 4.78 is 20.0. The Morgan fingerprint density at radius 3 is 2.21 bits per heavy atom. The number of aliphatic hydroxyl groups excluding tert-OH is 1. The molecule has 3 aromatic rings. The van der Waals surface area contributed by atoms with Crippen molar-refractivity contribution in [3.63, 3.8) is 0 Å². The van der Waals surface area contributed by atoms with Crippen LogP contribution in [-0.4, -0.2) is 47.2 Å². The molecule has 1 atom stereocenters. The predicted octanol–water partition coefficient (Wildman–Crippen LogP) is 4.80. The highest BCUT2D eigenvalue weighted by Crippen LogP contribution is 2.44. The van der Waals surface area contributed by atoms with Gasteiger partial charge in [0.05, 0.1) is 17.7 Å². The molecule has 0 unspecified atom stereocenters. The molecule has 1 aliphatic rings. The minimum absolute atomic E-state index is 0.0868. The molecule has 0 saturated carbocycles. The van der Waals surface area contributed by atoms with Crippen LogP contribution >= 0.6 is 23.2 Å². The maximum atomic E-state index is 14.4. The van der Waals surface area contributed by atoms with Gasteiger partial charge in [0.1, 0.15) is 30.0 Å². The van der Waals surface area contributed by atoms with E-state index in [1.54, 1.807) is 18.2 Å². The van der Waals surface area contributed by atoms with E-state index >= 15 is 0 Å². The predicted molar refractivity (Wildman–Crippen MR) is 123 cm³/mol. The van der Waals surface area contributed by atoms with E-state index < -0.39 is 30.3 Å². The van der Waals surface area contributed by atoms with Gasteiger partial charge in [-0.05, 0) is 30.3 Å². The van der Waals surface area contributed by atoms with Crippen LogP contribution in [0.3, 0.4) is 0 Å². The van der Waals surface area contributed by atoms with Crippen LogP contribution in [0.2, 0.25) is 10.0 Å². The fourth-order valence-corrected chi connectivity index (χ4v) is 4.25. The van der Waals surface area contributed by atoms with E-state index in [0.29, 0.717) is 0 Å². The Kier molecular flexibility index (Phi) is 6.77. The molecule has 1 N–H and O–H groups in total. The molecule has 172 valence electrons. The molecule has 4 rings (SSSR count). The van der Waals surface area contributed by atoms with Gasteiger partial charge >= 0.3 is 0 Å². The molecule has 34 heavy (non-hydrogen) atoms. The third kappa shape index (κ3) is 4.44. The molecule has 3 aromatic carbocycles. The molecule has 0 aromatic heterocycles. The monoisotopic (exact) mass is 500 g/mol. The van der Waals surface area contributed by atoms with Gasteiger partial charge in [-0.1, -0.05) is 41.4 Å². The number of hydrogen-bond acceptors (Lipinski definition) is 6. The second-order valence-electron chi connectivity index (χ2n) is 7.33. The van der Waals surface area contributed by atoms with Crippen LogP contribution in [0.5, 0.6) is 5.75 Å². The van der Waals surface area contributed by atoms with Crippen molar-refractivity contribution in [2.24, 2.45) is 4.99 Å². The Morgan fingerprint density at radius 2 is 1.62 bits per heavy atom. The number of rotatable bonds is 7. The van der Waals surface area contributed by atoms with Crippen molar-refractivity contribution < 1.29 is 28.6 Å². The SMILES string of the molecule is O=C=Nc1c(OC[C@H](O)CN2C(=O)c3ccccc3C2=O)cc(F)cc1-c1c(Cl)cccc1Cl. The lowest BCUT2D eigenvalue weighted by Gasteiger charge is -2.20. The number of hydrogen-bond donors (Lipinski definition) is 1. The maximum Gasteiger partial charge on any atom is 0.261 e. The molecule has 2 amide bonds. The van der Waals surface area contributed by atoms with E-state index in [0.717, 1.165) is 17.0 Å². The summed E-state index contributed by atoms with van der Waals surface area (Å²) in [6.07, 6.45) is 0.0734. The number of halogens is 3. The lowest BCUT2D eigenvalue weighted by molar-refractivity contribution is 0.0457. The normalized spacial score (nSPS) is 13.5. The van der Waals surface area contributed by atoms with Gasteiger partial charge in [-0.2, -0.15) is 4.99 Å². The molecule has 0 saturated heterocycles. The zero-order chi connectivity index (χ0) is 24.4. The second kappa shape index (κ2) is 9.75. The lowest BCUT2D eigenvalue weighted by atomic mass is 10.0. The minimum atomic E-state index is -1.31. The Balaban J connectivity index is 1.58. The molecular weight excluding hydrogens is 486 g/mol. The first-order valence-electron chi connectivity index (χ1n) is 9.93. The second-order valence-corrected chi connectivity index (χ2v) is 8.15. The fourth-order valence-electron chi connectivity index (χ4n) is 3.65. The third-order valence-electron chi connectivity index (χ3n) is 5.13. The number of carbonyl (C=O) groups excluding carboxylic acids is 3. The number of benzene rings is 3. The highest BCUT2D eigenvalue weighted by molar-refractivity contribution is 6.39. The number of fused-ring (bicyclic) bond motifs is 1. The zero-order valence-electron chi connectivity index (χ0n) is 17.3. The van der Waals surface area contributed by atoms with Gasteiger partial charge in [0.15, 0.2) is 0 Å². The van der Waals surface area contributed by atoms with Gasteiger partial charge in [0.2, 0.25) is 6.08 Å². The van der Waals surface area contributed by atoms with E-state index in [9.17, 15) is 23.9 Å². The number of aliphatic imine (C=N–C) groups is 1. The largest absolute Gasteiger partial charge is 0.488 e. The number of carbonyl (C=O) groups is 2. The number of ether oxygens (including phenoxy) is 1. The van der Waals surface area contributed by atoms with Crippen molar-refractivity contribution in [2.75, 3.05) is 13.2 Å².